The summed E-state index contributed by atoms with van der Waals surface area (Å²) >= 11 is 1.26. The number of carbonyl (C=O) groups is 2. The van der Waals surface area contributed by atoms with Crippen molar-refractivity contribution in [2.45, 2.75) is 19.4 Å². The van der Waals surface area contributed by atoms with E-state index in [1.54, 1.807) is 36.6 Å². The summed E-state index contributed by atoms with van der Waals surface area (Å²) in [5.74, 6) is -1.53. The zero-order valence-corrected chi connectivity index (χ0v) is 16.2. The molecule has 0 fully saturated rings. The third-order valence-corrected chi connectivity index (χ3v) is 4.63. The highest BCUT2D eigenvalue weighted by Crippen LogP contribution is 2.14. The first kappa shape index (κ1) is 21.1. The van der Waals surface area contributed by atoms with E-state index in [-0.39, 0.29) is 23.8 Å². The number of amides is 2. The number of benzene rings is 1. The van der Waals surface area contributed by atoms with Gasteiger partial charge in [-0.1, -0.05) is 31.4 Å². The van der Waals surface area contributed by atoms with Crippen molar-refractivity contribution in [3.63, 3.8) is 0 Å². The minimum atomic E-state index is -0.922. The molecule has 0 aliphatic carbocycles. The lowest BCUT2D eigenvalue weighted by atomic mass is 10.0. The zero-order valence-electron chi connectivity index (χ0n) is 15.4. The van der Waals surface area contributed by atoms with Crippen molar-refractivity contribution in [3.05, 3.63) is 88.5 Å². The van der Waals surface area contributed by atoms with Gasteiger partial charge in [-0.15, -0.1) is 11.3 Å². The third kappa shape index (κ3) is 6.21. The number of rotatable bonds is 8. The number of halogens is 1. The second kappa shape index (κ2) is 9.66. The minimum absolute atomic E-state index is 0.0985. The standard InChI is InChI=1S/C21H21FN2O3S/c1-13(2)17(11-14(3)22)23-20(26)18(12-15-6-8-16(25)9-7-15)24-21(27)19-5-4-10-28-19/h4-11,18,25H,1,3,12H2,2H3,(H,23,26)(H,24,27)/b17-11+. The Labute approximate surface area is 166 Å². The van der Waals surface area contributed by atoms with E-state index in [1.165, 1.54) is 23.5 Å². The topological polar surface area (TPSA) is 78.4 Å². The Bertz CT molecular complexity index is 902. The summed E-state index contributed by atoms with van der Waals surface area (Å²) in [6.07, 6.45) is 1.25. The lowest BCUT2D eigenvalue weighted by molar-refractivity contribution is -0.122. The van der Waals surface area contributed by atoms with Crippen molar-refractivity contribution < 1.29 is 19.1 Å². The highest BCUT2D eigenvalue weighted by atomic mass is 32.1. The maximum Gasteiger partial charge on any atom is 0.262 e. The molecule has 5 nitrogen and oxygen atoms in total. The number of allylic oxidation sites excluding steroid dienone is 3. The average Bonchev–Trinajstić information content (AvgIpc) is 3.16. The van der Waals surface area contributed by atoms with Crippen molar-refractivity contribution in [2.75, 3.05) is 0 Å². The molecule has 1 aromatic heterocycles. The van der Waals surface area contributed by atoms with Crippen molar-refractivity contribution in [2.24, 2.45) is 0 Å². The summed E-state index contributed by atoms with van der Waals surface area (Å²) in [5, 5.41) is 16.5. The monoisotopic (exact) mass is 400 g/mol. The summed E-state index contributed by atoms with van der Waals surface area (Å²) in [4.78, 5) is 25.7. The fourth-order valence-corrected chi connectivity index (χ4v) is 2.98. The van der Waals surface area contributed by atoms with Crippen LogP contribution in [0.2, 0.25) is 0 Å². The van der Waals surface area contributed by atoms with Gasteiger partial charge in [0.2, 0.25) is 5.91 Å². The number of hydrogen-bond acceptors (Lipinski definition) is 4. The van der Waals surface area contributed by atoms with E-state index in [0.29, 0.717) is 10.5 Å². The van der Waals surface area contributed by atoms with E-state index in [1.807, 2.05) is 0 Å². The summed E-state index contributed by atoms with van der Waals surface area (Å²) < 4.78 is 13.2. The number of phenolic OH excluding ortho intramolecular Hbond substituents is 1. The molecule has 1 atom stereocenters. The molecule has 0 radical (unpaired) electrons. The first-order chi connectivity index (χ1) is 13.3. The summed E-state index contributed by atoms with van der Waals surface area (Å²) in [6.45, 7) is 8.49. The summed E-state index contributed by atoms with van der Waals surface area (Å²) in [6, 6.07) is 8.79. The quantitative estimate of drug-likeness (QED) is 0.589. The molecule has 0 saturated carbocycles. The summed E-state index contributed by atoms with van der Waals surface area (Å²) in [7, 11) is 0. The molecule has 2 amide bonds. The van der Waals surface area contributed by atoms with E-state index in [0.717, 1.165) is 11.6 Å². The van der Waals surface area contributed by atoms with Crippen LogP contribution in [0.5, 0.6) is 5.75 Å². The molecule has 28 heavy (non-hydrogen) atoms. The number of nitrogens with one attached hydrogen (secondary N) is 2. The molecule has 0 saturated heterocycles. The van der Waals surface area contributed by atoms with Crippen molar-refractivity contribution >= 4 is 23.2 Å². The van der Waals surface area contributed by atoms with Crippen LogP contribution in [0.3, 0.4) is 0 Å². The number of aromatic hydroxyl groups is 1. The van der Waals surface area contributed by atoms with E-state index < -0.39 is 17.8 Å². The second-order valence-corrected chi connectivity index (χ2v) is 7.10. The van der Waals surface area contributed by atoms with Crippen LogP contribution >= 0.6 is 11.3 Å². The average molecular weight is 400 g/mol. The molecule has 0 bridgehead atoms. The lowest BCUT2D eigenvalue weighted by Gasteiger charge is -2.20. The Morgan fingerprint density at radius 1 is 1.25 bits per heavy atom. The largest absolute Gasteiger partial charge is 0.508 e. The number of carbonyl (C=O) groups excluding carboxylic acids is 2. The van der Waals surface area contributed by atoms with E-state index >= 15 is 0 Å². The van der Waals surface area contributed by atoms with Gasteiger partial charge >= 0.3 is 0 Å². The van der Waals surface area contributed by atoms with Gasteiger partial charge in [0.15, 0.2) is 0 Å². The highest BCUT2D eigenvalue weighted by Gasteiger charge is 2.23. The van der Waals surface area contributed by atoms with E-state index in [9.17, 15) is 19.1 Å². The van der Waals surface area contributed by atoms with Gasteiger partial charge in [-0.3, -0.25) is 9.59 Å². The fraction of sp³-hybridized carbons (Fsp3) is 0.143. The molecule has 1 aromatic carbocycles. The molecule has 0 aliphatic heterocycles. The molecule has 146 valence electrons. The number of hydrogen-bond donors (Lipinski definition) is 3. The predicted molar refractivity (Wildman–Crippen MR) is 109 cm³/mol. The molecule has 2 aromatic rings. The Morgan fingerprint density at radius 2 is 1.93 bits per heavy atom. The third-order valence-electron chi connectivity index (χ3n) is 3.76. The van der Waals surface area contributed by atoms with Crippen LogP contribution in [0.25, 0.3) is 0 Å². The highest BCUT2D eigenvalue weighted by molar-refractivity contribution is 7.12. The van der Waals surface area contributed by atoms with Crippen LogP contribution in [0.4, 0.5) is 4.39 Å². The molecule has 7 heteroatoms. The Balaban J connectivity index is 2.23. The first-order valence-electron chi connectivity index (χ1n) is 8.41. The molecular formula is C21H21FN2O3S. The molecule has 3 N–H and O–H groups in total. The smallest absolute Gasteiger partial charge is 0.262 e. The van der Waals surface area contributed by atoms with Crippen molar-refractivity contribution in [1.29, 1.82) is 0 Å². The van der Waals surface area contributed by atoms with Crippen LogP contribution in [0.1, 0.15) is 22.2 Å². The second-order valence-electron chi connectivity index (χ2n) is 6.15. The maximum absolute atomic E-state index is 13.2. The molecule has 0 aliphatic rings. The van der Waals surface area contributed by atoms with Crippen LogP contribution in [0, 0.1) is 0 Å². The lowest BCUT2D eigenvalue weighted by Crippen LogP contribution is -2.47. The van der Waals surface area contributed by atoms with Crippen molar-refractivity contribution in [3.8, 4) is 5.75 Å². The van der Waals surface area contributed by atoms with E-state index in [4.69, 9.17) is 0 Å². The molecule has 1 heterocycles. The molecule has 0 spiro atoms. The Kier molecular flexibility index (Phi) is 7.28. The molecule has 2 rings (SSSR count). The SMILES string of the molecule is C=C(F)/C=C(/NC(=O)C(Cc1ccc(O)cc1)NC(=O)c1cccs1)C(=C)C. The van der Waals surface area contributed by atoms with Crippen LogP contribution in [0.15, 0.2) is 78.1 Å². The van der Waals surface area contributed by atoms with E-state index in [2.05, 4.69) is 23.8 Å². The minimum Gasteiger partial charge on any atom is -0.508 e. The van der Waals surface area contributed by atoms with Gasteiger partial charge in [0, 0.05) is 12.1 Å². The van der Waals surface area contributed by atoms with Gasteiger partial charge < -0.3 is 15.7 Å². The number of phenols is 1. The van der Waals surface area contributed by atoms with Crippen LogP contribution in [-0.4, -0.2) is 23.0 Å². The van der Waals surface area contributed by atoms with Gasteiger partial charge in [-0.25, -0.2) is 4.39 Å². The van der Waals surface area contributed by atoms with Gasteiger partial charge in [0.25, 0.3) is 5.91 Å². The predicted octanol–water partition coefficient (Wildman–Crippen LogP) is 3.85. The fourth-order valence-electron chi connectivity index (χ4n) is 2.36. The summed E-state index contributed by atoms with van der Waals surface area (Å²) in [5.41, 5.74) is 1.36. The maximum atomic E-state index is 13.2. The Morgan fingerprint density at radius 3 is 2.46 bits per heavy atom. The zero-order chi connectivity index (χ0) is 20.7. The van der Waals surface area contributed by atoms with Crippen LogP contribution in [-0.2, 0) is 11.2 Å². The van der Waals surface area contributed by atoms with Gasteiger partial charge in [-0.2, -0.15) is 0 Å². The van der Waals surface area contributed by atoms with Crippen LogP contribution < -0.4 is 10.6 Å². The Hall–Kier alpha value is -3.19. The van der Waals surface area contributed by atoms with Crippen molar-refractivity contribution in [1.82, 2.24) is 10.6 Å². The van der Waals surface area contributed by atoms with Gasteiger partial charge in [0.1, 0.15) is 17.6 Å². The molecule has 1 unspecified atom stereocenters. The first-order valence-corrected chi connectivity index (χ1v) is 9.29. The number of thiophene rings is 1. The van der Waals surface area contributed by atoms with Gasteiger partial charge in [0.05, 0.1) is 4.88 Å². The normalized spacial score (nSPS) is 12.1. The molecular weight excluding hydrogens is 379 g/mol. The van der Waals surface area contributed by atoms with Gasteiger partial charge in [-0.05, 0) is 47.7 Å².